The van der Waals surface area contributed by atoms with E-state index in [-0.39, 0.29) is 16.8 Å². The van der Waals surface area contributed by atoms with E-state index in [2.05, 4.69) is 26.9 Å². The third kappa shape index (κ3) is 4.39. The number of fused-ring (bicyclic) bond motifs is 1. The summed E-state index contributed by atoms with van der Waals surface area (Å²) in [6.07, 6.45) is 3.10. The number of hydrogen-bond acceptors (Lipinski definition) is 5. The Hall–Kier alpha value is -2.71. The van der Waals surface area contributed by atoms with Gasteiger partial charge in [0.2, 0.25) is 0 Å². The van der Waals surface area contributed by atoms with Crippen molar-refractivity contribution in [2.45, 2.75) is 37.1 Å². The van der Waals surface area contributed by atoms with Crippen LogP contribution in [0.5, 0.6) is 0 Å². The summed E-state index contributed by atoms with van der Waals surface area (Å²) in [5.41, 5.74) is 1.80. The van der Waals surface area contributed by atoms with E-state index in [1.54, 1.807) is 48.5 Å². The SMILES string of the molecule is CCCN1CCC(NC(=O)c2ccc(NC3=NS(=O)(=O)c4ccccc43)cc2)CC1. The summed E-state index contributed by atoms with van der Waals surface area (Å²) in [5, 5.41) is 6.18. The van der Waals surface area contributed by atoms with Crippen LogP contribution in [0.25, 0.3) is 0 Å². The van der Waals surface area contributed by atoms with E-state index in [0.29, 0.717) is 22.6 Å². The van der Waals surface area contributed by atoms with Gasteiger partial charge in [-0.1, -0.05) is 19.1 Å². The fourth-order valence-electron chi connectivity index (χ4n) is 3.92. The lowest BCUT2D eigenvalue weighted by Gasteiger charge is -2.32. The summed E-state index contributed by atoms with van der Waals surface area (Å²) in [6.45, 7) is 5.35. The lowest BCUT2D eigenvalue weighted by atomic mass is 10.0. The Bertz CT molecular complexity index is 1060. The predicted molar refractivity (Wildman–Crippen MR) is 117 cm³/mol. The number of carbonyl (C=O) groups is 1. The monoisotopic (exact) mass is 426 g/mol. The number of hydrogen-bond donors (Lipinski definition) is 2. The number of amides is 1. The first kappa shape index (κ1) is 20.6. The van der Waals surface area contributed by atoms with Crippen LogP contribution >= 0.6 is 0 Å². The molecule has 2 aliphatic heterocycles. The summed E-state index contributed by atoms with van der Waals surface area (Å²) in [7, 11) is -3.66. The second-order valence-corrected chi connectivity index (χ2v) is 9.28. The summed E-state index contributed by atoms with van der Waals surface area (Å²) in [4.78, 5) is 15.2. The highest BCUT2D eigenvalue weighted by Gasteiger charge is 2.28. The Balaban J connectivity index is 1.38. The summed E-state index contributed by atoms with van der Waals surface area (Å²) < 4.78 is 28.2. The highest BCUT2D eigenvalue weighted by molar-refractivity contribution is 7.90. The number of amidine groups is 1. The van der Waals surface area contributed by atoms with Crippen molar-refractivity contribution >= 4 is 27.5 Å². The number of carbonyl (C=O) groups excluding carboxylic acids is 1. The lowest BCUT2D eigenvalue weighted by Crippen LogP contribution is -2.44. The molecule has 0 bridgehead atoms. The Kier molecular flexibility index (Phi) is 5.87. The number of nitrogens with zero attached hydrogens (tertiary/aromatic N) is 2. The molecule has 4 rings (SSSR count). The molecule has 2 N–H and O–H groups in total. The maximum atomic E-state index is 12.6. The average molecular weight is 427 g/mol. The smallest absolute Gasteiger partial charge is 0.285 e. The number of benzene rings is 2. The maximum Gasteiger partial charge on any atom is 0.285 e. The third-order valence-electron chi connectivity index (χ3n) is 5.50. The maximum absolute atomic E-state index is 12.6. The van der Waals surface area contributed by atoms with Gasteiger partial charge in [0.25, 0.3) is 15.9 Å². The Morgan fingerprint density at radius 2 is 1.80 bits per heavy atom. The van der Waals surface area contributed by atoms with Crippen LogP contribution in [0, 0.1) is 0 Å². The zero-order valence-corrected chi connectivity index (χ0v) is 17.8. The van der Waals surface area contributed by atoms with E-state index >= 15 is 0 Å². The van der Waals surface area contributed by atoms with Crippen LogP contribution < -0.4 is 10.6 Å². The van der Waals surface area contributed by atoms with E-state index < -0.39 is 10.0 Å². The molecule has 0 unspecified atom stereocenters. The molecule has 0 radical (unpaired) electrons. The van der Waals surface area contributed by atoms with Crippen LogP contribution in [-0.2, 0) is 10.0 Å². The second kappa shape index (κ2) is 8.57. The highest BCUT2D eigenvalue weighted by atomic mass is 32.2. The molecule has 8 heteroatoms. The van der Waals surface area contributed by atoms with Gasteiger partial charge in [-0.3, -0.25) is 4.79 Å². The zero-order chi connectivity index (χ0) is 21.1. The molecule has 2 heterocycles. The highest BCUT2D eigenvalue weighted by Crippen LogP contribution is 2.26. The zero-order valence-electron chi connectivity index (χ0n) is 17.0. The van der Waals surface area contributed by atoms with Crippen LogP contribution in [0.1, 0.15) is 42.1 Å². The normalized spacial score (nSPS) is 18.5. The molecule has 1 fully saturated rings. The van der Waals surface area contributed by atoms with Gasteiger partial charge in [-0.2, -0.15) is 8.42 Å². The minimum Gasteiger partial charge on any atom is -0.349 e. The van der Waals surface area contributed by atoms with Crippen molar-refractivity contribution in [2.75, 3.05) is 25.0 Å². The fourth-order valence-corrected chi connectivity index (χ4v) is 5.10. The molecule has 30 heavy (non-hydrogen) atoms. The Labute approximate surface area is 177 Å². The van der Waals surface area contributed by atoms with Crippen LogP contribution in [0.4, 0.5) is 5.69 Å². The van der Waals surface area contributed by atoms with E-state index in [0.717, 1.165) is 38.9 Å². The van der Waals surface area contributed by atoms with E-state index in [9.17, 15) is 13.2 Å². The predicted octanol–water partition coefficient (Wildman–Crippen LogP) is 2.85. The van der Waals surface area contributed by atoms with Gasteiger partial charge in [0, 0.05) is 35.9 Å². The van der Waals surface area contributed by atoms with Gasteiger partial charge in [0.05, 0.1) is 0 Å². The Morgan fingerprint density at radius 1 is 1.10 bits per heavy atom. The largest absolute Gasteiger partial charge is 0.349 e. The molecule has 0 spiro atoms. The molecule has 7 nitrogen and oxygen atoms in total. The van der Waals surface area contributed by atoms with E-state index in [1.807, 2.05) is 0 Å². The molecule has 1 amide bonds. The van der Waals surface area contributed by atoms with Gasteiger partial charge in [-0.05, 0) is 62.2 Å². The van der Waals surface area contributed by atoms with Crippen LogP contribution in [0.2, 0.25) is 0 Å². The molecule has 2 aliphatic rings. The number of piperidine rings is 1. The number of nitrogens with one attached hydrogen (secondary N) is 2. The van der Waals surface area contributed by atoms with Crippen LogP contribution in [-0.4, -0.2) is 50.7 Å². The van der Waals surface area contributed by atoms with Crippen molar-refractivity contribution in [3.05, 3.63) is 59.7 Å². The van der Waals surface area contributed by atoms with Gasteiger partial charge < -0.3 is 15.5 Å². The first-order chi connectivity index (χ1) is 14.5. The average Bonchev–Trinajstić information content (AvgIpc) is 3.00. The molecule has 0 aliphatic carbocycles. The fraction of sp³-hybridized carbons (Fsp3) is 0.364. The van der Waals surface area contributed by atoms with Gasteiger partial charge in [0.1, 0.15) is 4.90 Å². The van der Waals surface area contributed by atoms with Crippen molar-refractivity contribution < 1.29 is 13.2 Å². The van der Waals surface area contributed by atoms with Crippen molar-refractivity contribution in [1.82, 2.24) is 10.2 Å². The third-order valence-corrected chi connectivity index (χ3v) is 6.84. The molecular weight excluding hydrogens is 400 g/mol. The topological polar surface area (TPSA) is 90.9 Å². The standard InChI is InChI=1S/C22H26N4O3S/c1-2-13-26-14-11-18(12-15-26)24-22(27)16-7-9-17(10-8-16)23-21-19-5-3-4-6-20(19)30(28,29)25-21/h3-10,18H,2,11-15H2,1H3,(H,23,25)(H,24,27). The number of rotatable bonds is 5. The summed E-state index contributed by atoms with van der Waals surface area (Å²) in [5.74, 6) is 0.211. The lowest BCUT2D eigenvalue weighted by molar-refractivity contribution is 0.0911. The van der Waals surface area contributed by atoms with Crippen molar-refractivity contribution in [3.63, 3.8) is 0 Å². The molecule has 2 aromatic carbocycles. The first-order valence-electron chi connectivity index (χ1n) is 10.3. The van der Waals surface area contributed by atoms with Gasteiger partial charge in [-0.25, -0.2) is 0 Å². The van der Waals surface area contributed by atoms with Crippen LogP contribution in [0.15, 0.2) is 57.8 Å². The van der Waals surface area contributed by atoms with E-state index in [4.69, 9.17) is 0 Å². The molecular formula is C22H26N4O3S. The van der Waals surface area contributed by atoms with Crippen LogP contribution in [0.3, 0.4) is 0 Å². The molecule has 0 atom stereocenters. The summed E-state index contributed by atoms with van der Waals surface area (Å²) in [6, 6.07) is 13.9. The van der Waals surface area contributed by atoms with E-state index in [1.165, 1.54) is 0 Å². The number of anilines is 1. The minimum absolute atomic E-state index is 0.0818. The molecule has 0 aromatic heterocycles. The van der Waals surface area contributed by atoms with Gasteiger partial charge in [-0.15, -0.1) is 4.40 Å². The van der Waals surface area contributed by atoms with Crippen molar-refractivity contribution in [1.29, 1.82) is 0 Å². The van der Waals surface area contributed by atoms with Gasteiger partial charge >= 0.3 is 0 Å². The molecule has 2 aromatic rings. The van der Waals surface area contributed by atoms with Crippen molar-refractivity contribution in [3.8, 4) is 0 Å². The quantitative estimate of drug-likeness (QED) is 0.767. The molecule has 0 saturated carbocycles. The number of sulfonamides is 1. The second-order valence-electron chi connectivity index (χ2n) is 7.70. The van der Waals surface area contributed by atoms with Gasteiger partial charge in [0.15, 0.2) is 5.84 Å². The summed E-state index contributed by atoms with van der Waals surface area (Å²) >= 11 is 0. The number of likely N-dealkylation sites (tertiary alicyclic amines) is 1. The Morgan fingerprint density at radius 3 is 2.50 bits per heavy atom. The molecule has 158 valence electrons. The minimum atomic E-state index is -3.66. The molecule has 1 saturated heterocycles. The first-order valence-corrected chi connectivity index (χ1v) is 11.7. The van der Waals surface area contributed by atoms with Crippen molar-refractivity contribution in [2.24, 2.45) is 4.40 Å².